The zero-order chi connectivity index (χ0) is 9.14. The van der Waals surface area contributed by atoms with Gasteiger partial charge in [-0.1, -0.05) is 19.4 Å². The largest absolute Gasteiger partial charge is 0.350 e. The number of hydrogen-bond donors (Lipinski definition) is 1. The average molecular weight is 167 g/mol. The molecule has 0 aromatic carbocycles. The molecular formula is C10H17NO. The van der Waals surface area contributed by atoms with E-state index in [0.717, 1.165) is 12.8 Å². The van der Waals surface area contributed by atoms with Crippen LogP contribution in [0.1, 0.15) is 33.6 Å². The van der Waals surface area contributed by atoms with Crippen molar-refractivity contribution in [3.63, 3.8) is 0 Å². The number of amides is 1. The summed E-state index contributed by atoms with van der Waals surface area (Å²) in [6.45, 7) is 6.31. The van der Waals surface area contributed by atoms with Gasteiger partial charge in [-0.05, 0) is 25.7 Å². The summed E-state index contributed by atoms with van der Waals surface area (Å²) in [7, 11) is 0. The third-order valence-corrected chi connectivity index (χ3v) is 2.36. The van der Waals surface area contributed by atoms with Gasteiger partial charge in [0.25, 0.3) is 0 Å². The summed E-state index contributed by atoms with van der Waals surface area (Å²) in [5.41, 5.74) is 1.19. The maximum atomic E-state index is 11.2. The molecular weight excluding hydrogens is 150 g/mol. The van der Waals surface area contributed by atoms with E-state index in [1.807, 2.05) is 6.92 Å². The Balaban J connectivity index is 2.61. The third kappa shape index (κ3) is 2.36. The first kappa shape index (κ1) is 9.30. The molecule has 0 aliphatic carbocycles. The van der Waals surface area contributed by atoms with Crippen molar-refractivity contribution < 1.29 is 4.79 Å². The lowest BCUT2D eigenvalue weighted by Crippen LogP contribution is -2.36. The summed E-state index contributed by atoms with van der Waals surface area (Å²) < 4.78 is 0. The maximum absolute atomic E-state index is 11.2. The van der Waals surface area contributed by atoms with Crippen molar-refractivity contribution in [1.82, 2.24) is 5.32 Å². The average Bonchev–Trinajstić information content (AvgIpc) is 2.11. The SMILES string of the molecule is CC1=CC(=O)NC(C(C)C)CC1. The Morgan fingerprint density at radius 1 is 1.58 bits per heavy atom. The van der Waals surface area contributed by atoms with Crippen molar-refractivity contribution in [3.8, 4) is 0 Å². The van der Waals surface area contributed by atoms with E-state index < -0.39 is 0 Å². The third-order valence-electron chi connectivity index (χ3n) is 2.36. The van der Waals surface area contributed by atoms with Gasteiger partial charge in [0.15, 0.2) is 0 Å². The molecule has 12 heavy (non-hydrogen) atoms. The lowest BCUT2D eigenvalue weighted by Gasteiger charge is -2.19. The quantitative estimate of drug-likeness (QED) is 0.634. The van der Waals surface area contributed by atoms with Crippen LogP contribution in [-0.2, 0) is 4.79 Å². The van der Waals surface area contributed by atoms with Crippen LogP contribution in [0.25, 0.3) is 0 Å². The van der Waals surface area contributed by atoms with Crippen LogP contribution in [0.3, 0.4) is 0 Å². The van der Waals surface area contributed by atoms with Crippen molar-refractivity contribution >= 4 is 5.91 Å². The molecule has 1 heterocycles. The molecule has 0 saturated heterocycles. The second kappa shape index (κ2) is 3.74. The number of allylic oxidation sites excluding steroid dienone is 1. The number of hydrogen-bond acceptors (Lipinski definition) is 1. The van der Waals surface area contributed by atoms with E-state index in [-0.39, 0.29) is 5.91 Å². The van der Waals surface area contributed by atoms with E-state index in [1.165, 1.54) is 5.57 Å². The predicted molar refractivity (Wildman–Crippen MR) is 49.8 cm³/mol. The van der Waals surface area contributed by atoms with E-state index in [0.29, 0.717) is 12.0 Å². The van der Waals surface area contributed by atoms with Crippen LogP contribution in [0.5, 0.6) is 0 Å². The van der Waals surface area contributed by atoms with Crippen LogP contribution >= 0.6 is 0 Å². The van der Waals surface area contributed by atoms with E-state index in [9.17, 15) is 4.79 Å². The van der Waals surface area contributed by atoms with Gasteiger partial charge in [0, 0.05) is 12.1 Å². The summed E-state index contributed by atoms with van der Waals surface area (Å²) in [6, 6.07) is 0.353. The first-order valence-corrected chi connectivity index (χ1v) is 4.57. The number of carbonyl (C=O) groups excluding carboxylic acids is 1. The van der Waals surface area contributed by atoms with Crippen molar-refractivity contribution in [2.75, 3.05) is 0 Å². The predicted octanol–water partition coefficient (Wildman–Crippen LogP) is 1.87. The van der Waals surface area contributed by atoms with Gasteiger partial charge in [-0.15, -0.1) is 0 Å². The Kier molecular flexibility index (Phi) is 2.90. The van der Waals surface area contributed by atoms with E-state index in [4.69, 9.17) is 0 Å². The molecule has 2 nitrogen and oxygen atoms in total. The highest BCUT2D eigenvalue weighted by Gasteiger charge is 2.17. The molecule has 0 bridgehead atoms. The maximum Gasteiger partial charge on any atom is 0.244 e. The van der Waals surface area contributed by atoms with E-state index in [1.54, 1.807) is 6.08 Å². The van der Waals surface area contributed by atoms with Crippen LogP contribution in [0.4, 0.5) is 0 Å². The van der Waals surface area contributed by atoms with Gasteiger partial charge in [-0.25, -0.2) is 0 Å². The molecule has 1 aliphatic heterocycles. The minimum atomic E-state index is 0.0729. The van der Waals surface area contributed by atoms with E-state index >= 15 is 0 Å². The fourth-order valence-electron chi connectivity index (χ4n) is 1.48. The van der Waals surface area contributed by atoms with Gasteiger partial charge in [0.2, 0.25) is 5.91 Å². The molecule has 0 radical (unpaired) electrons. The molecule has 0 aromatic heterocycles. The first-order valence-electron chi connectivity index (χ1n) is 4.57. The van der Waals surface area contributed by atoms with Crippen molar-refractivity contribution in [1.29, 1.82) is 0 Å². The van der Waals surface area contributed by atoms with Crippen LogP contribution in [0.15, 0.2) is 11.6 Å². The van der Waals surface area contributed by atoms with Gasteiger partial charge in [-0.3, -0.25) is 4.79 Å². The molecule has 1 aliphatic rings. The first-order chi connectivity index (χ1) is 5.59. The fourth-order valence-corrected chi connectivity index (χ4v) is 1.48. The molecule has 2 heteroatoms. The molecule has 1 atom stereocenters. The summed E-state index contributed by atoms with van der Waals surface area (Å²) in [6.07, 6.45) is 3.83. The van der Waals surface area contributed by atoms with Crippen molar-refractivity contribution in [2.24, 2.45) is 5.92 Å². The smallest absolute Gasteiger partial charge is 0.244 e. The topological polar surface area (TPSA) is 29.1 Å². The fraction of sp³-hybridized carbons (Fsp3) is 0.700. The standard InChI is InChI=1S/C10H17NO/c1-7(2)9-5-4-8(3)6-10(12)11-9/h6-7,9H,4-5H2,1-3H3,(H,11,12). The molecule has 1 N–H and O–H groups in total. The normalized spacial score (nSPS) is 24.8. The zero-order valence-corrected chi connectivity index (χ0v) is 8.05. The lowest BCUT2D eigenvalue weighted by atomic mass is 9.98. The molecule has 1 rings (SSSR count). The number of carbonyl (C=O) groups is 1. The van der Waals surface area contributed by atoms with Gasteiger partial charge in [-0.2, -0.15) is 0 Å². The Hall–Kier alpha value is -0.790. The minimum Gasteiger partial charge on any atom is -0.350 e. The summed E-state index contributed by atoms with van der Waals surface area (Å²) in [4.78, 5) is 11.2. The summed E-state index contributed by atoms with van der Waals surface area (Å²) in [5.74, 6) is 0.608. The summed E-state index contributed by atoms with van der Waals surface area (Å²) >= 11 is 0. The van der Waals surface area contributed by atoms with Crippen LogP contribution < -0.4 is 5.32 Å². The number of rotatable bonds is 1. The van der Waals surface area contributed by atoms with Gasteiger partial charge in [0.05, 0.1) is 0 Å². The second-order valence-electron chi connectivity index (χ2n) is 3.89. The molecule has 1 amide bonds. The molecule has 68 valence electrons. The number of nitrogens with one attached hydrogen (secondary N) is 1. The molecule has 0 fully saturated rings. The van der Waals surface area contributed by atoms with Crippen molar-refractivity contribution in [3.05, 3.63) is 11.6 Å². The molecule has 1 unspecified atom stereocenters. The monoisotopic (exact) mass is 167 g/mol. The molecule has 0 aromatic rings. The van der Waals surface area contributed by atoms with Gasteiger partial charge < -0.3 is 5.32 Å². The highest BCUT2D eigenvalue weighted by molar-refractivity contribution is 5.88. The lowest BCUT2D eigenvalue weighted by molar-refractivity contribution is -0.117. The van der Waals surface area contributed by atoms with Gasteiger partial charge in [0.1, 0.15) is 0 Å². The zero-order valence-electron chi connectivity index (χ0n) is 8.05. The van der Waals surface area contributed by atoms with Crippen LogP contribution in [-0.4, -0.2) is 11.9 Å². The molecule has 0 saturated carbocycles. The highest BCUT2D eigenvalue weighted by atomic mass is 16.1. The molecule has 0 spiro atoms. The van der Waals surface area contributed by atoms with Crippen LogP contribution in [0.2, 0.25) is 0 Å². The Bertz CT molecular complexity index is 206. The van der Waals surface area contributed by atoms with E-state index in [2.05, 4.69) is 19.2 Å². The minimum absolute atomic E-state index is 0.0729. The Morgan fingerprint density at radius 3 is 2.83 bits per heavy atom. The van der Waals surface area contributed by atoms with Crippen LogP contribution in [0, 0.1) is 5.92 Å². The highest BCUT2D eigenvalue weighted by Crippen LogP contribution is 2.15. The Labute approximate surface area is 74.0 Å². The van der Waals surface area contributed by atoms with Crippen molar-refractivity contribution in [2.45, 2.75) is 39.7 Å². The summed E-state index contributed by atoms with van der Waals surface area (Å²) in [5, 5.41) is 2.99. The second-order valence-corrected chi connectivity index (χ2v) is 3.89. The Morgan fingerprint density at radius 2 is 2.25 bits per heavy atom. The van der Waals surface area contributed by atoms with Gasteiger partial charge >= 0.3 is 0 Å².